The van der Waals surface area contributed by atoms with Gasteiger partial charge in [0.2, 0.25) is 0 Å². The zero-order valence-electron chi connectivity index (χ0n) is 10.5. The number of aromatic nitrogens is 4. The Bertz CT molecular complexity index is 818. The molecule has 8 heteroatoms. The van der Waals surface area contributed by atoms with Gasteiger partial charge in [0.15, 0.2) is 5.82 Å². The number of nitrogens with zero attached hydrogens (tertiary/aromatic N) is 4. The van der Waals surface area contributed by atoms with Crippen molar-refractivity contribution in [2.45, 2.75) is 0 Å². The monoisotopic (exact) mass is 307 g/mol. The highest BCUT2D eigenvalue weighted by molar-refractivity contribution is 6.32. The third kappa shape index (κ3) is 2.43. The van der Waals surface area contributed by atoms with E-state index in [1.165, 1.54) is 35.0 Å². The maximum absolute atomic E-state index is 13.6. The molecule has 0 saturated carbocycles. The average molecular weight is 308 g/mol. The van der Waals surface area contributed by atoms with Gasteiger partial charge in [0, 0.05) is 11.6 Å². The van der Waals surface area contributed by atoms with E-state index in [9.17, 15) is 8.78 Å². The van der Waals surface area contributed by atoms with Crippen molar-refractivity contribution in [3.8, 4) is 17.1 Å². The predicted molar refractivity (Wildman–Crippen MR) is 73.9 cm³/mol. The maximum Gasteiger partial charge on any atom is 0.187 e. The normalized spacial score (nSPS) is 10.8. The fourth-order valence-corrected chi connectivity index (χ4v) is 2.04. The van der Waals surface area contributed by atoms with Crippen molar-refractivity contribution in [3.63, 3.8) is 0 Å². The summed E-state index contributed by atoms with van der Waals surface area (Å²) in [6.07, 6.45) is 0. The first-order valence-electron chi connectivity index (χ1n) is 5.85. The van der Waals surface area contributed by atoms with E-state index in [0.717, 1.165) is 0 Å². The molecule has 0 fully saturated rings. The molecule has 2 aromatic carbocycles. The van der Waals surface area contributed by atoms with E-state index in [2.05, 4.69) is 15.5 Å². The van der Waals surface area contributed by atoms with Crippen LogP contribution in [0, 0.1) is 11.6 Å². The van der Waals surface area contributed by atoms with E-state index in [1.54, 1.807) is 6.07 Å². The van der Waals surface area contributed by atoms with Crippen LogP contribution in [0.15, 0.2) is 36.4 Å². The molecule has 0 aliphatic carbocycles. The third-order valence-electron chi connectivity index (χ3n) is 2.86. The second kappa shape index (κ2) is 5.10. The second-order valence-corrected chi connectivity index (χ2v) is 4.65. The van der Waals surface area contributed by atoms with E-state index >= 15 is 0 Å². The molecule has 0 atom stereocenters. The van der Waals surface area contributed by atoms with Crippen molar-refractivity contribution in [1.82, 2.24) is 20.2 Å². The van der Waals surface area contributed by atoms with Crippen LogP contribution in [-0.4, -0.2) is 20.2 Å². The van der Waals surface area contributed by atoms with Crippen LogP contribution >= 0.6 is 11.6 Å². The van der Waals surface area contributed by atoms with Gasteiger partial charge >= 0.3 is 0 Å². The molecule has 2 N–H and O–H groups in total. The van der Waals surface area contributed by atoms with Crippen molar-refractivity contribution in [2.24, 2.45) is 0 Å². The van der Waals surface area contributed by atoms with E-state index in [-0.39, 0.29) is 22.2 Å². The minimum Gasteiger partial charge on any atom is -0.396 e. The van der Waals surface area contributed by atoms with Crippen LogP contribution in [0.3, 0.4) is 0 Å². The summed E-state index contributed by atoms with van der Waals surface area (Å²) in [5.74, 6) is -0.854. The topological polar surface area (TPSA) is 69.6 Å². The lowest BCUT2D eigenvalue weighted by Gasteiger charge is -2.07. The molecule has 0 bridgehead atoms. The molecule has 5 nitrogen and oxygen atoms in total. The van der Waals surface area contributed by atoms with Gasteiger partial charge in [0.05, 0.1) is 16.4 Å². The van der Waals surface area contributed by atoms with Crippen LogP contribution in [-0.2, 0) is 0 Å². The van der Waals surface area contributed by atoms with Crippen molar-refractivity contribution in [2.75, 3.05) is 5.73 Å². The highest BCUT2D eigenvalue weighted by Gasteiger charge is 2.15. The second-order valence-electron chi connectivity index (χ2n) is 4.25. The van der Waals surface area contributed by atoms with Crippen molar-refractivity contribution >= 4 is 17.3 Å². The number of rotatable bonds is 2. The van der Waals surface area contributed by atoms with Crippen LogP contribution in [0.2, 0.25) is 5.02 Å². The molecule has 1 aromatic heterocycles. The van der Waals surface area contributed by atoms with Gasteiger partial charge < -0.3 is 5.73 Å². The molecule has 0 saturated heterocycles. The lowest BCUT2D eigenvalue weighted by atomic mass is 10.2. The molecule has 1 heterocycles. The Hall–Kier alpha value is -2.54. The number of nitrogens with two attached hydrogens (primary N) is 1. The average Bonchev–Trinajstić information content (AvgIpc) is 2.93. The van der Waals surface area contributed by atoms with Crippen molar-refractivity contribution in [3.05, 3.63) is 53.1 Å². The highest BCUT2D eigenvalue weighted by Crippen LogP contribution is 2.26. The summed E-state index contributed by atoms with van der Waals surface area (Å²) in [4.78, 5) is 0. The Morgan fingerprint density at radius 1 is 1.10 bits per heavy atom. The lowest BCUT2D eigenvalue weighted by Crippen LogP contribution is -2.02. The smallest absolute Gasteiger partial charge is 0.187 e. The molecule has 0 amide bonds. The fraction of sp³-hybridized carbons (Fsp3) is 0. The van der Waals surface area contributed by atoms with Crippen LogP contribution in [0.4, 0.5) is 14.5 Å². The molecular weight excluding hydrogens is 300 g/mol. The summed E-state index contributed by atoms with van der Waals surface area (Å²) >= 11 is 6.03. The Kier molecular flexibility index (Phi) is 3.26. The Morgan fingerprint density at radius 2 is 1.90 bits per heavy atom. The molecule has 0 aliphatic heterocycles. The highest BCUT2D eigenvalue weighted by atomic mass is 35.5. The number of halogens is 3. The van der Waals surface area contributed by atoms with Crippen molar-refractivity contribution < 1.29 is 8.78 Å². The molecule has 0 unspecified atom stereocenters. The zero-order valence-corrected chi connectivity index (χ0v) is 11.2. The first-order chi connectivity index (χ1) is 10.1. The molecule has 0 radical (unpaired) electrons. The molecule has 106 valence electrons. The van der Waals surface area contributed by atoms with E-state index in [0.29, 0.717) is 5.56 Å². The van der Waals surface area contributed by atoms with Gasteiger partial charge in [-0.1, -0.05) is 11.6 Å². The maximum atomic E-state index is 13.6. The molecule has 3 aromatic rings. The van der Waals surface area contributed by atoms with E-state index in [4.69, 9.17) is 17.3 Å². The van der Waals surface area contributed by atoms with Crippen LogP contribution in [0.1, 0.15) is 0 Å². The predicted octanol–water partition coefficient (Wildman–Crippen LogP) is 2.84. The number of nitrogen functional groups attached to an aromatic ring is 1. The van der Waals surface area contributed by atoms with Gasteiger partial charge in [-0.2, -0.15) is 4.68 Å². The summed E-state index contributed by atoms with van der Waals surface area (Å²) < 4.78 is 28.2. The SMILES string of the molecule is Nc1ccc(-c2nnnn2-c2cc(F)ccc2Cl)cc1F. The lowest BCUT2D eigenvalue weighted by molar-refractivity contribution is 0.624. The van der Waals surface area contributed by atoms with Crippen LogP contribution in [0.5, 0.6) is 0 Å². The molecule has 0 spiro atoms. The zero-order chi connectivity index (χ0) is 15.0. The van der Waals surface area contributed by atoms with Gasteiger partial charge in [0.1, 0.15) is 11.6 Å². The van der Waals surface area contributed by atoms with E-state index < -0.39 is 11.6 Å². The molecule has 3 rings (SSSR count). The quantitative estimate of drug-likeness (QED) is 0.739. The molecule has 0 aliphatic rings. The first-order valence-corrected chi connectivity index (χ1v) is 6.23. The van der Waals surface area contributed by atoms with Gasteiger partial charge in [-0.25, -0.2) is 8.78 Å². The minimum atomic E-state index is -0.590. The van der Waals surface area contributed by atoms with Crippen molar-refractivity contribution in [1.29, 1.82) is 0 Å². The van der Waals surface area contributed by atoms with Gasteiger partial charge in [-0.05, 0) is 40.8 Å². The summed E-state index contributed by atoms with van der Waals surface area (Å²) in [6, 6.07) is 7.96. The number of hydrogen-bond acceptors (Lipinski definition) is 4. The standard InChI is InChI=1S/C13H8ClF2N5/c14-9-3-2-8(15)6-12(9)21-13(18-19-20-21)7-1-4-11(17)10(16)5-7/h1-6H,17H2. The number of anilines is 1. The van der Waals surface area contributed by atoms with Crippen LogP contribution in [0.25, 0.3) is 17.1 Å². The molecular formula is C13H8ClF2N5. The first kappa shape index (κ1) is 13.4. The molecule has 21 heavy (non-hydrogen) atoms. The Balaban J connectivity index is 2.17. The van der Waals surface area contributed by atoms with Crippen LogP contribution < -0.4 is 5.73 Å². The fourth-order valence-electron chi connectivity index (χ4n) is 1.84. The number of benzene rings is 2. The minimum absolute atomic E-state index is 0.0153. The van der Waals surface area contributed by atoms with Gasteiger partial charge in [-0.3, -0.25) is 0 Å². The number of hydrogen-bond donors (Lipinski definition) is 1. The Labute approximate surface area is 123 Å². The largest absolute Gasteiger partial charge is 0.396 e. The third-order valence-corrected chi connectivity index (χ3v) is 3.18. The van der Waals surface area contributed by atoms with Gasteiger partial charge in [0.25, 0.3) is 0 Å². The van der Waals surface area contributed by atoms with E-state index in [1.807, 2.05) is 0 Å². The summed E-state index contributed by atoms with van der Waals surface area (Å²) in [7, 11) is 0. The van der Waals surface area contributed by atoms with Gasteiger partial charge in [-0.15, -0.1) is 5.10 Å². The summed E-state index contributed by atoms with van der Waals surface area (Å²) in [5.41, 5.74) is 6.10. The summed E-state index contributed by atoms with van der Waals surface area (Å²) in [5, 5.41) is 11.4. The number of tetrazole rings is 1. The summed E-state index contributed by atoms with van der Waals surface area (Å²) in [6.45, 7) is 0. The Morgan fingerprint density at radius 3 is 2.67 bits per heavy atom.